The second-order valence-electron chi connectivity index (χ2n) is 5.98. The van der Waals surface area contributed by atoms with Crippen molar-refractivity contribution in [3.05, 3.63) is 12.2 Å². The Morgan fingerprint density at radius 3 is 2.21 bits per heavy atom. The molecule has 0 heterocycles. The molecule has 0 radical (unpaired) electrons. The summed E-state index contributed by atoms with van der Waals surface area (Å²) in [6, 6.07) is 0. The molecule has 14 heavy (non-hydrogen) atoms. The summed E-state index contributed by atoms with van der Waals surface area (Å²) < 4.78 is 0. The van der Waals surface area contributed by atoms with Crippen LogP contribution in [-0.4, -0.2) is 10.7 Å². The van der Waals surface area contributed by atoms with Crippen LogP contribution in [0.5, 0.6) is 0 Å². The van der Waals surface area contributed by atoms with E-state index in [2.05, 4.69) is 40.7 Å². The van der Waals surface area contributed by atoms with Crippen LogP contribution in [0.1, 0.15) is 47.5 Å². The first-order chi connectivity index (χ1) is 6.26. The van der Waals surface area contributed by atoms with E-state index in [1.807, 2.05) is 6.08 Å². The van der Waals surface area contributed by atoms with E-state index in [-0.39, 0.29) is 5.41 Å². The summed E-state index contributed by atoms with van der Waals surface area (Å²) in [6.45, 7) is 10.8. The minimum absolute atomic E-state index is 0.0501. The molecule has 1 N–H and O–H groups in total. The number of aliphatic hydroxyl groups is 1. The molecule has 2 unspecified atom stereocenters. The lowest BCUT2D eigenvalue weighted by Crippen LogP contribution is -2.43. The van der Waals surface area contributed by atoms with E-state index in [9.17, 15) is 5.11 Å². The predicted octanol–water partition coefficient (Wildman–Crippen LogP) is 3.39. The Labute approximate surface area is 88.2 Å². The highest BCUT2D eigenvalue weighted by molar-refractivity contribution is 5.12. The monoisotopic (exact) mass is 196 g/mol. The largest absolute Gasteiger partial charge is 0.385 e. The highest BCUT2D eigenvalue weighted by Gasteiger charge is 2.39. The molecule has 0 aromatic carbocycles. The van der Waals surface area contributed by atoms with Gasteiger partial charge in [0.15, 0.2) is 0 Å². The Hall–Kier alpha value is -0.300. The molecule has 0 bridgehead atoms. The van der Waals surface area contributed by atoms with Crippen molar-refractivity contribution in [2.75, 3.05) is 0 Å². The van der Waals surface area contributed by atoms with Gasteiger partial charge >= 0.3 is 0 Å². The quantitative estimate of drug-likeness (QED) is 0.637. The van der Waals surface area contributed by atoms with Crippen molar-refractivity contribution in [2.24, 2.45) is 17.3 Å². The molecule has 1 nitrogen and oxygen atoms in total. The third kappa shape index (κ3) is 2.20. The van der Waals surface area contributed by atoms with E-state index in [4.69, 9.17) is 0 Å². The minimum Gasteiger partial charge on any atom is -0.385 e. The van der Waals surface area contributed by atoms with Crippen molar-refractivity contribution in [1.82, 2.24) is 0 Å². The molecule has 1 heteroatoms. The molecule has 82 valence electrons. The average molecular weight is 196 g/mol. The van der Waals surface area contributed by atoms with E-state index in [1.165, 1.54) is 0 Å². The molecule has 0 aromatic heterocycles. The van der Waals surface area contributed by atoms with Gasteiger partial charge in [0.05, 0.1) is 5.60 Å². The number of rotatable bonds is 1. The second kappa shape index (κ2) is 3.69. The average Bonchev–Trinajstić information content (AvgIpc) is 2.03. The van der Waals surface area contributed by atoms with E-state index in [0.29, 0.717) is 11.8 Å². The molecule has 0 aliphatic heterocycles. The zero-order valence-corrected chi connectivity index (χ0v) is 10.2. The van der Waals surface area contributed by atoms with Crippen molar-refractivity contribution in [2.45, 2.75) is 53.1 Å². The van der Waals surface area contributed by atoms with Crippen molar-refractivity contribution in [3.63, 3.8) is 0 Å². The first-order valence-electron chi connectivity index (χ1n) is 5.68. The lowest BCUT2D eigenvalue weighted by molar-refractivity contribution is -0.0309. The highest BCUT2D eigenvalue weighted by Crippen LogP contribution is 2.40. The van der Waals surface area contributed by atoms with E-state index >= 15 is 0 Å². The summed E-state index contributed by atoms with van der Waals surface area (Å²) in [5, 5.41) is 10.4. The van der Waals surface area contributed by atoms with E-state index in [1.54, 1.807) is 0 Å². The predicted molar refractivity (Wildman–Crippen MR) is 61.1 cm³/mol. The van der Waals surface area contributed by atoms with Gasteiger partial charge in [-0.3, -0.25) is 0 Å². The molecule has 1 aliphatic carbocycles. The molecule has 1 aliphatic rings. The van der Waals surface area contributed by atoms with Crippen LogP contribution in [0, 0.1) is 17.3 Å². The molecule has 0 fully saturated rings. The van der Waals surface area contributed by atoms with Crippen LogP contribution in [0.4, 0.5) is 0 Å². The summed E-state index contributed by atoms with van der Waals surface area (Å²) in [7, 11) is 0. The molecule has 0 aromatic rings. The van der Waals surface area contributed by atoms with Crippen molar-refractivity contribution in [1.29, 1.82) is 0 Å². The molecule has 0 amide bonds. The zero-order chi connectivity index (χ0) is 11.0. The van der Waals surface area contributed by atoms with E-state index in [0.717, 1.165) is 12.8 Å². The van der Waals surface area contributed by atoms with Crippen molar-refractivity contribution in [3.8, 4) is 0 Å². The standard InChI is InChI=1S/C13H24O/c1-10(2)11-6-8-13(14,9-7-11)12(3,4)5/h6,8,10-11,14H,7,9H2,1-5H3. The lowest BCUT2D eigenvalue weighted by atomic mass is 9.68. The second-order valence-corrected chi connectivity index (χ2v) is 5.98. The molecular formula is C13H24O. The minimum atomic E-state index is -0.599. The number of allylic oxidation sites excluding steroid dienone is 1. The summed E-state index contributed by atoms with van der Waals surface area (Å²) in [6.07, 6.45) is 6.25. The maximum absolute atomic E-state index is 10.4. The Balaban J connectivity index is 2.77. The van der Waals surface area contributed by atoms with Crippen LogP contribution < -0.4 is 0 Å². The van der Waals surface area contributed by atoms with Crippen LogP contribution in [0.15, 0.2) is 12.2 Å². The van der Waals surface area contributed by atoms with Crippen molar-refractivity contribution >= 4 is 0 Å². The van der Waals surface area contributed by atoms with Crippen molar-refractivity contribution < 1.29 is 5.11 Å². The van der Waals surface area contributed by atoms with Crippen LogP contribution in [0.2, 0.25) is 0 Å². The fourth-order valence-electron chi connectivity index (χ4n) is 2.03. The molecule has 0 saturated heterocycles. The molecular weight excluding hydrogens is 172 g/mol. The Bertz CT molecular complexity index is 222. The normalized spacial score (nSPS) is 33.8. The summed E-state index contributed by atoms with van der Waals surface area (Å²) in [5.41, 5.74) is -0.649. The SMILES string of the molecule is CC(C)C1C=CC(O)(C(C)(C)C)CC1. The highest BCUT2D eigenvalue weighted by atomic mass is 16.3. The first kappa shape index (κ1) is 11.8. The van der Waals surface area contributed by atoms with E-state index < -0.39 is 5.60 Å². The fraction of sp³-hybridized carbons (Fsp3) is 0.846. The van der Waals surface area contributed by atoms with Crippen LogP contribution >= 0.6 is 0 Å². The van der Waals surface area contributed by atoms with Gasteiger partial charge in [0.2, 0.25) is 0 Å². The maximum atomic E-state index is 10.4. The maximum Gasteiger partial charge on any atom is 0.0876 e. The Kier molecular flexibility index (Phi) is 3.10. The van der Waals surface area contributed by atoms with Gasteiger partial charge in [-0.1, -0.05) is 46.8 Å². The zero-order valence-electron chi connectivity index (χ0n) is 10.2. The van der Waals surface area contributed by atoms with Crippen LogP contribution in [0.3, 0.4) is 0 Å². The topological polar surface area (TPSA) is 20.2 Å². The molecule has 1 rings (SSSR count). The first-order valence-corrected chi connectivity index (χ1v) is 5.68. The fourth-order valence-corrected chi connectivity index (χ4v) is 2.03. The molecule has 2 atom stereocenters. The lowest BCUT2D eigenvalue weighted by Gasteiger charge is -2.42. The van der Waals surface area contributed by atoms with Gasteiger partial charge in [-0.05, 0) is 30.1 Å². The summed E-state index contributed by atoms with van der Waals surface area (Å²) >= 11 is 0. The molecule has 0 saturated carbocycles. The van der Waals surface area contributed by atoms with Gasteiger partial charge in [-0.25, -0.2) is 0 Å². The third-order valence-electron chi connectivity index (χ3n) is 3.63. The van der Waals surface area contributed by atoms with Gasteiger partial charge in [-0.15, -0.1) is 0 Å². The smallest absolute Gasteiger partial charge is 0.0876 e. The van der Waals surface area contributed by atoms with Crippen LogP contribution in [-0.2, 0) is 0 Å². The number of hydrogen-bond donors (Lipinski definition) is 1. The number of hydrogen-bond acceptors (Lipinski definition) is 1. The van der Waals surface area contributed by atoms with Gasteiger partial charge in [0.25, 0.3) is 0 Å². The molecule has 0 spiro atoms. The van der Waals surface area contributed by atoms with Gasteiger partial charge in [-0.2, -0.15) is 0 Å². The third-order valence-corrected chi connectivity index (χ3v) is 3.63. The van der Waals surface area contributed by atoms with Gasteiger partial charge in [0.1, 0.15) is 0 Å². The Morgan fingerprint density at radius 2 is 1.93 bits per heavy atom. The Morgan fingerprint density at radius 1 is 1.36 bits per heavy atom. The summed E-state index contributed by atoms with van der Waals surface area (Å²) in [5.74, 6) is 1.34. The van der Waals surface area contributed by atoms with Gasteiger partial charge < -0.3 is 5.11 Å². The van der Waals surface area contributed by atoms with Gasteiger partial charge in [0, 0.05) is 0 Å². The summed E-state index contributed by atoms with van der Waals surface area (Å²) in [4.78, 5) is 0. The van der Waals surface area contributed by atoms with Crippen LogP contribution in [0.25, 0.3) is 0 Å².